The Bertz CT molecular complexity index is 2440. The van der Waals surface area contributed by atoms with Gasteiger partial charge in [0.15, 0.2) is 10.0 Å². The molecule has 1 heterocycles. The zero-order valence-electron chi connectivity index (χ0n) is 33.5. The molecule has 0 aliphatic rings. The van der Waals surface area contributed by atoms with Crippen molar-refractivity contribution >= 4 is 43.7 Å². The average molecular weight is 801 g/mol. The zero-order valence-corrected chi connectivity index (χ0v) is 34.3. The summed E-state index contributed by atoms with van der Waals surface area (Å²) in [5, 5.41) is 1.25. The lowest BCUT2D eigenvalue weighted by atomic mass is 9.82. The van der Waals surface area contributed by atoms with Gasteiger partial charge in [0, 0.05) is 37.1 Å². The number of fused-ring (bicyclic) bond motifs is 1. The molecule has 7 rings (SSSR count). The maximum Gasteiger partial charge on any atom is 0.480 e. The molecule has 58 heavy (non-hydrogen) atoms. The molecule has 0 N–H and O–H groups in total. The fraction of sp³-hybridized carbons (Fsp3) is 0.188. The van der Waals surface area contributed by atoms with Crippen LogP contribution in [0.3, 0.4) is 0 Å². The second kappa shape index (κ2) is 17.7. The molecule has 0 atom stereocenters. The van der Waals surface area contributed by atoms with E-state index in [4.69, 9.17) is 0 Å². The van der Waals surface area contributed by atoms with E-state index < -0.39 is 15.5 Å². The number of sulfonamides is 1. The molecule has 0 spiro atoms. The van der Waals surface area contributed by atoms with Crippen LogP contribution in [-0.4, -0.2) is 38.6 Å². The Morgan fingerprint density at radius 3 is 1.38 bits per heavy atom. The van der Waals surface area contributed by atoms with E-state index >= 15 is 0 Å². The highest BCUT2D eigenvalue weighted by Gasteiger charge is 2.38. The molecule has 0 aliphatic heterocycles. The van der Waals surface area contributed by atoms with Gasteiger partial charge in [0.05, 0.1) is 44.9 Å². The number of hydrogen-bond donors (Lipinski definition) is 0. The lowest BCUT2D eigenvalue weighted by Crippen LogP contribution is -2.20. The van der Waals surface area contributed by atoms with Gasteiger partial charge in [0.1, 0.15) is 5.69 Å². The van der Waals surface area contributed by atoms with Gasteiger partial charge in [0.2, 0.25) is 0 Å². The Kier molecular flexibility index (Phi) is 12.7. The number of aryl methyl sites for hydroxylation is 3. The summed E-state index contributed by atoms with van der Waals surface area (Å²) >= 11 is 0. The van der Waals surface area contributed by atoms with E-state index in [0.717, 1.165) is 13.1 Å². The fourth-order valence-electron chi connectivity index (χ4n) is 7.23. The Morgan fingerprint density at radius 1 is 0.603 bits per heavy atom. The van der Waals surface area contributed by atoms with Gasteiger partial charge in [0.25, 0.3) is 0 Å². The Hall–Kier alpha value is -5.97. The largest absolute Gasteiger partial charge is 0.544 e. The standard InChI is InChI=1S/C46H44N3.C2H3F3NO2S/c1-6-48(38-25-17-33(3)18-26-38)40-29-21-35(22-30-40)44(36-23-31-41(32-24-36)49(7-2)39-27-19-34(4)20-28-39)45-42-15-11-12-16-43(42)47(5)46(45)37-13-9-8-10-14-37;1-6-9(7,8)2(3,4)5/h8-32H,6-7H2,1-5H3;1H3/q+1;-1. The van der Waals surface area contributed by atoms with E-state index in [9.17, 15) is 21.6 Å². The van der Waals surface area contributed by atoms with Gasteiger partial charge in [-0.05, 0) is 125 Å². The zero-order chi connectivity index (χ0) is 41.6. The molecule has 0 saturated carbocycles. The van der Waals surface area contributed by atoms with Crippen LogP contribution in [0.4, 0.5) is 35.9 Å². The molecular formula is C48H47F3N4O2S. The third-order valence-corrected chi connectivity index (χ3v) is 11.3. The fourth-order valence-corrected chi connectivity index (χ4v) is 7.44. The van der Waals surface area contributed by atoms with Gasteiger partial charge in [-0.2, -0.15) is 20.2 Å². The third-order valence-electron chi connectivity index (χ3n) is 10.2. The maximum atomic E-state index is 11.2. The number of nitrogens with zero attached hydrogens (tertiary/aromatic N) is 4. The molecule has 0 radical (unpaired) electrons. The van der Waals surface area contributed by atoms with Crippen molar-refractivity contribution in [3.63, 3.8) is 0 Å². The SMILES string of the molecule is CCN(c1ccc(C)cc1)c1ccc([C+](c2ccc(N(CC)c3ccc(C)cc3)cc2)c2c(-c3ccccc3)n(C)c3ccccc23)cc1.C[N-]S(=O)(=O)C(F)(F)F. The molecular weight excluding hydrogens is 754 g/mol. The van der Waals surface area contributed by atoms with Gasteiger partial charge in [-0.25, -0.2) is 8.42 Å². The van der Waals surface area contributed by atoms with Crippen molar-refractivity contribution in [3.05, 3.63) is 190 Å². The van der Waals surface area contributed by atoms with Crippen molar-refractivity contribution in [1.82, 2.24) is 4.57 Å². The molecule has 0 aliphatic carbocycles. The van der Waals surface area contributed by atoms with Crippen molar-refractivity contribution in [2.24, 2.45) is 7.05 Å². The molecule has 0 bridgehead atoms. The van der Waals surface area contributed by atoms with Crippen LogP contribution in [0.2, 0.25) is 0 Å². The second-order valence-electron chi connectivity index (χ2n) is 13.9. The van der Waals surface area contributed by atoms with Gasteiger partial charge < -0.3 is 19.1 Å². The molecule has 298 valence electrons. The molecule has 0 unspecified atom stereocenters. The minimum absolute atomic E-state index is 0.572. The number of benzene rings is 6. The van der Waals surface area contributed by atoms with Crippen LogP contribution in [-0.2, 0) is 17.1 Å². The first-order chi connectivity index (χ1) is 27.8. The highest BCUT2D eigenvalue weighted by atomic mass is 32.2. The quantitative estimate of drug-likeness (QED) is 0.122. The first kappa shape index (κ1) is 41.7. The van der Waals surface area contributed by atoms with Crippen LogP contribution in [0.5, 0.6) is 0 Å². The van der Waals surface area contributed by atoms with Crippen LogP contribution < -0.4 is 9.80 Å². The van der Waals surface area contributed by atoms with Crippen LogP contribution in [0.25, 0.3) is 26.9 Å². The first-order valence-electron chi connectivity index (χ1n) is 19.1. The Balaban J connectivity index is 0.000000565. The van der Waals surface area contributed by atoms with Gasteiger partial charge >= 0.3 is 5.51 Å². The monoisotopic (exact) mass is 800 g/mol. The van der Waals surface area contributed by atoms with E-state index in [0.29, 0.717) is 7.05 Å². The summed E-state index contributed by atoms with van der Waals surface area (Å²) in [7, 11) is -2.44. The van der Waals surface area contributed by atoms with E-state index in [1.807, 2.05) is 0 Å². The highest BCUT2D eigenvalue weighted by molar-refractivity contribution is 7.94. The third kappa shape index (κ3) is 8.78. The van der Waals surface area contributed by atoms with Crippen molar-refractivity contribution < 1.29 is 21.6 Å². The number of rotatable bonds is 11. The Morgan fingerprint density at radius 2 is 1.00 bits per heavy atom. The summed E-state index contributed by atoms with van der Waals surface area (Å²) < 4.78 is 57.4. The summed E-state index contributed by atoms with van der Waals surface area (Å²) in [4.78, 5) is 4.74. The summed E-state index contributed by atoms with van der Waals surface area (Å²) in [6.45, 7) is 10.5. The molecule has 6 aromatic carbocycles. The van der Waals surface area contributed by atoms with Crippen molar-refractivity contribution in [2.45, 2.75) is 33.2 Å². The smallest absolute Gasteiger partial charge is 0.480 e. The van der Waals surface area contributed by atoms with Crippen molar-refractivity contribution in [2.75, 3.05) is 29.9 Å². The predicted molar refractivity (Wildman–Crippen MR) is 234 cm³/mol. The minimum atomic E-state index is -5.25. The topological polar surface area (TPSA) is 59.6 Å². The first-order valence-corrected chi connectivity index (χ1v) is 20.5. The second-order valence-corrected chi connectivity index (χ2v) is 15.7. The summed E-state index contributed by atoms with van der Waals surface area (Å²) in [6, 6.07) is 55.5. The molecule has 10 heteroatoms. The molecule has 0 fully saturated rings. The molecule has 7 aromatic rings. The number of halogens is 3. The van der Waals surface area contributed by atoms with Crippen LogP contribution >= 0.6 is 0 Å². The van der Waals surface area contributed by atoms with Gasteiger partial charge in [-0.3, -0.25) is 0 Å². The summed E-state index contributed by atoms with van der Waals surface area (Å²) in [5.74, 6) is 1.23. The number of hydrogen-bond acceptors (Lipinski definition) is 4. The molecule has 0 saturated heterocycles. The molecule has 6 nitrogen and oxygen atoms in total. The summed E-state index contributed by atoms with van der Waals surface area (Å²) in [5.41, 5.74) is 9.34. The number of para-hydroxylation sites is 1. The number of anilines is 4. The van der Waals surface area contributed by atoms with E-state index in [2.05, 4.69) is 205 Å². The molecule has 1 aromatic heterocycles. The minimum Gasteiger partial charge on any atom is -0.544 e. The predicted octanol–water partition coefficient (Wildman–Crippen LogP) is 12.6. The Labute approximate surface area is 340 Å². The average Bonchev–Trinajstić information content (AvgIpc) is 3.52. The normalized spacial score (nSPS) is 11.5. The van der Waals surface area contributed by atoms with Crippen LogP contribution in [0.1, 0.15) is 41.7 Å². The van der Waals surface area contributed by atoms with Gasteiger partial charge in [-0.15, -0.1) is 0 Å². The highest BCUT2D eigenvalue weighted by Crippen LogP contribution is 2.44. The molecule has 0 amide bonds. The van der Waals surface area contributed by atoms with Crippen LogP contribution in [0.15, 0.2) is 152 Å². The van der Waals surface area contributed by atoms with E-state index in [-0.39, 0.29) is 0 Å². The van der Waals surface area contributed by atoms with Crippen molar-refractivity contribution in [1.29, 1.82) is 0 Å². The number of aromatic nitrogens is 1. The number of alkyl halides is 3. The van der Waals surface area contributed by atoms with Crippen LogP contribution in [0, 0.1) is 19.8 Å². The van der Waals surface area contributed by atoms with E-state index in [1.165, 1.54) is 78.6 Å². The van der Waals surface area contributed by atoms with Gasteiger partial charge in [-0.1, -0.05) is 65.7 Å². The summed E-state index contributed by atoms with van der Waals surface area (Å²) in [6.07, 6.45) is 0. The lowest BCUT2D eigenvalue weighted by Gasteiger charge is -2.24. The van der Waals surface area contributed by atoms with Crippen molar-refractivity contribution in [3.8, 4) is 11.3 Å². The maximum absolute atomic E-state index is 11.2. The lowest BCUT2D eigenvalue weighted by molar-refractivity contribution is -0.0426. The van der Waals surface area contributed by atoms with E-state index in [1.54, 1.807) is 0 Å².